The largest absolute Gasteiger partial charge is 0.478 e. The summed E-state index contributed by atoms with van der Waals surface area (Å²) in [6.45, 7) is 8.53. The van der Waals surface area contributed by atoms with E-state index in [-0.39, 0.29) is 11.1 Å². The molecule has 1 aliphatic carbocycles. The molecular weight excluding hydrogens is 717 g/mol. The Hall–Kier alpha value is -5.37. The zero-order valence-corrected chi connectivity index (χ0v) is 32.6. The van der Waals surface area contributed by atoms with Gasteiger partial charge in [0.05, 0.1) is 22.2 Å². The predicted molar refractivity (Wildman–Crippen MR) is 219 cm³/mol. The number of hydrogen-bond acceptors (Lipinski definition) is 4. The van der Waals surface area contributed by atoms with Gasteiger partial charge in [-0.1, -0.05) is 49.2 Å². The number of hydrogen-bond donors (Lipinski definition) is 2. The molecule has 0 amide bonds. The number of likely N-dealkylation sites (N-methyl/N-ethyl adjacent to an activating group) is 1. The van der Waals surface area contributed by atoms with E-state index in [0.717, 1.165) is 75.0 Å². The molecule has 0 fully saturated rings. The molecule has 0 atom stereocenters. The van der Waals surface area contributed by atoms with Crippen LogP contribution in [0.4, 0.5) is 22.7 Å². The molecule has 0 aromatic heterocycles. The van der Waals surface area contributed by atoms with Crippen LogP contribution in [0.2, 0.25) is 10.0 Å². The van der Waals surface area contributed by atoms with Crippen LogP contribution in [0.15, 0.2) is 132 Å². The molecule has 7 rings (SSSR count). The molecule has 0 bridgehead atoms. The summed E-state index contributed by atoms with van der Waals surface area (Å²) in [6.07, 6.45) is 10.3. The number of carboxylic acid groups (broad SMARTS) is 2. The van der Waals surface area contributed by atoms with Crippen molar-refractivity contribution >= 4 is 63.6 Å². The molecule has 0 saturated carbocycles. The van der Waals surface area contributed by atoms with E-state index in [1.165, 1.54) is 0 Å². The molecule has 0 radical (unpaired) electrons. The van der Waals surface area contributed by atoms with Gasteiger partial charge >= 0.3 is 11.9 Å². The second-order valence-electron chi connectivity index (χ2n) is 15.1. The third-order valence-electron chi connectivity index (χ3n) is 11.1. The fourth-order valence-electron chi connectivity index (χ4n) is 8.21. The lowest BCUT2D eigenvalue weighted by molar-refractivity contribution is -0.401. The zero-order valence-electron chi connectivity index (χ0n) is 31.1. The third-order valence-corrected chi connectivity index (χ3v) is 11.6. The van der Waals surface area contributed by atoms with Crippen LogP contribution in [0.3, 0.4) is 0 Å². The van der Waals surface area contributed by atoms with Gasteiger partial charge in [-0.3, -0.25) is 0 Å². The van der Waals surface area contributed by atoms with E-state index < -0.39 is 22.8 Å². The number of halogens is 2. The van der Waals surface area contributed by atoms with E-state index in [1.54, 1.807) is 24.3 Å². The number of nitrogens with zero attached hydrogens (tertiary/aromatic N) is 3. The van der Waals surface area contributed by atoms with Crippen molar-refractivity contribution in [3.05, 3.63) is 164 Å². The Morgan fingerprint density at radius 1 is 0.741 bits per heavy atom. The van der Waals surface area contributed by atoms with Gasteiger partial charge in [0, 0.05) is 63.0 Å². The number of carbonyl (C=O) groups is 2. The summed E-state index contributed by atoms with van der Waals surface area (Å²) in [4.78, 5) is 28.1. The minimum atomic E-state index is -0.944. The quantitative estimate of drug-likeness (QED) is 0.174. The first-order chi connectivity index (χ1) is 25.6. The molecule has 4 aromatic carbocycles. The van der Waals surface area contributed by atoms with E-state index in [9.17, 15) is 19.8 Å². The first-order valence-corrected chi connectivity index (χ1v) is 18.6. The third kappa shape index (κ3) is 6.35. The van der Waals surface area contributed by atoms with Crippen LogP contribution in [-0.4, -0.2) is 46.5 Å². The number of anilines is 3. The summed E-state index contributed by atoms with van der Waals surface area (Å²) in [7, 11) is 4.06. The summed E-state index contributed by atoms with van der Waals surface area (Å²) in [5, 5.41) is 20.7. The molecule has 7 nitrogen and oxygen atoms in total. The molecule has 0 unspecified atom stereocenters. The number of allylic oxidation sites excluding steroid dienone is 7. The van der Waals surface area contributed by atoms with Crippen molar-refractivity contribution in [3.63, 3.8) is 0 Å². The summed E-state index contributed by atoms with van der Waals surface area (Å²) in [5.74, 6) is -1.89. The summed E-state index contributed by atoms with van der Waals surface area (Å²) in [5.41, 5.74) is 10.9. The lowest BCUT2D eigenvalue weighted by atomic mass is 9.80. The minimum Gasteiger partial charge on any atom is -0.478 e. The lowest BCUT2D eigenvalue weighted by Crippen LogP contribution is -2.27. The van der Waals surface area contributed by atoms with Gasteiger partial charge in [0.2, 0.25) is 5.69 Å². The molecule has 274 valence electrons. The van der Waals surface area contributed by atoms with E-state index in [1.807, 2.05) is 74.8 Å². The fraction of sp³-hybridized carbons (Fsp3) is 0.222. The van der Waals surface area contributed by atoms with Gasteiger partial charge in [-0.25, -0.2) is 9.59 Å². The molecular formula is C45H42Cl2N3O4+. The van der Waals surface area contributed by atoms with Crippen LogP contribution in [0.5, 0.6) is 0 Å². The van der Waals surface area contributed by atoms with Gasteiger partial charge in [0.25, 0.3) is 0 Å². The normalized spacial score (nSPS) is 18.6. The maximum atomic E-state index is 11.9. The lowest BCUT2D eigenvalue weighted by Gasteiger charge is -2.29. The van der Waals surface area contributed by atoms with Crippen molar-refractivity contribution in [3.8, 4) is 0 Å². The van der Waals surface area contributed by atoms with Crippen LogP contribution in [0.1, 0.15) is 72.4 Å². The first-order valence-electron chi connectivity index (χ1n) is 17.8. The molecule has 3 aliphatic rings. The van der Waals surface area contributed by atoms with Gasteiger partial charge in [-0.2, -0.15) is 4.58 Å². The highest BCUT2D eigenvalue weighted by Gasteiger charge is 2.44. The van der Waals surface area contributed by atoms with Crippen LogP contribution in [0, 0.1) is 0 Å². The van der Waals surface area contributed by atoms with Crippen molar-refractivity contribution in [1.29, 1.82) is 0 Å². The van der Waals surface area contributed by atoms with Crippen molar-refractivity contribution in [2.75, 3.05) is 23.9 Å². The highest BCUT2D eigenvalue weighted by Crippen LogP contribution is 2.48. The Morgan fingerprint density at radius 2 is 1.30 bits per heavy atom. The van der Waals surface area contributed by atoms with Gasteiger partial charge in [0.15, 0.2) is 5.71 Å². The monoisotopic (exact) mass is 758 g/mol. The number of aromatic carboxylic acids is 2. The van der Waals surface area contributed by atoms with Gasteiger partial charge in [-0.05, 0) is 128 Å². The Kier molecular flexibility index (Phi) is 9.45. The number of carboxylic acids is 2. The van der Waals surface area contributed by atoms with Gasteiger partial charge in [0.1, 0.15) is 7.05 Å². The molecule has 2 heterocycles. The maximum Gasteiger partial charge on any atom is 0.335 e. The average Bonchev–Trinajstić information content (AvgIpc) is 3.68. The molecule has 9 heteroatoms. The highest BCUT2D eigenvalue weighted by atomic mass is 35.5. The van der Waals surface area contributed by atoms with Crippen molar-refractivity contribution < 1.29 is 24.4 Å². The summed E-state index contributed by atoms with van der Waals surface area (Å²) in [6, 6.07) is 26.3. The standard InChI is InChI=1S/C45H41Cl2N3O4/c1-44(2)35-25-29(42(51)52)9-21-37(35)48(5)39(44)23-11-27-7-8-28(12-24-40-45(3,4)36-26-30(43(53)54)10-22-38(36)49(40)6)41(27)50(33-17-13-31(46)14-18-33)34-19-15-32(47)16-20-34/h9-26H,7-8H2,1-6H3,(H-,51,52,53,54)/p+1. The second-order valence-corrected chi connectivity index (χ2v) is 15.9. The van der Waals surface area contributed by atoms with Crippen LogP contribution >= 0.6 is 23.2 Å². The second kappa shape index (κ2) is 13.8. The molecule has 54 heavy (non-hydrogen) atoms. The molecule has 2 aliphatic heterocycles. The van der Waals surface area contributed by atoms with E-state index in [4.69, 9.17) is 23.2 Å². The van der Waals surface area contributed by atoms with Gasteiger partial charge in [-0.15, -0.1) is 0 Å². The van der Waals surface area contributed by atoms with Crippen LogP contribution in [0.25, 0.3) is 0 Å². The zero-order chi connectivity index (χ0) is 38.7. The Balaban J connectivity index is 1.38. The molecule has 2 N–H and O–H groups in total. The number of rotatable bonds is 8. The summed E-state index contributed by atoms with van der Waals surface area (Å²) >= 11 is 12.8. The highest BCUT2D eigenvalue weighted by molar-refractivity contribution is 6.31. The number of fused-ring (bicyclic) bond motifs is 2. The summed E-state index contributed by atoms with van der Waals surface area (Å²) < 4.78 is 2.15. The topological polar surface area (TPSA) is 84.1 Å². The molecule has 0 spiro atoms. The van der Waals surface area contributed by atoms with Crippen molar-refractivity contribution in [2.24, 2.45) is 0 Å². The Bertz CT molecular complexity index is 2340. The minimum absolute atomic E-state index is 0.271. The average molecular weight is 760 g/mol. The fourth-order valence-corrected chi connectivity index (χ4v) is 8.46. The van der Waals surface area contributed by atoms with E-state index in [2.05, 4.69) is 66.4 Å². The Labute approximate surface area is 326 Å². The van der Waals surface area contributed by atoms with Crippen LogP contribution in [-0.2, 0) is 10.8 Å². The van der Waals surface area contributed by atoms with Gasteiger partial charge < -0.3 is 20.0 Å². The molecule has 4 aromatic rings. The predicted octanol–water partition coefficient (Wildman–Crippen LogP) is 11.1. The number of benzene rings is 4. The van der Waals surface area contributed by atoms with Crippen molar-refractivity contribution in [2.45, 2.75) is 51.4 Å². The maximum absolute atomic E-state index is 11.9. The van der Waals surface area contributed by atoms with E-state index in [0.29, 0.717) is 10.0 Å². The Morgan fingerprint density at radius 3 is 1.87 bits per heavy atom. The molecule has 0 saturated heterocycles. The van der Waals surface area contributed by atoms with Crippen LogP contribution < -0.4 is 9.80 Å². The SMILES string of the molecule is CN1C(=CC=C2CCC(C=CC3=[N+](C)c4ccc(C(=O)O)cc4C3(C)C)=C2N(c2ccc(Cl)cc2)c2ccc(Cl)cc2)C(C)(C)c2cc(C(=O)O)ccc21. The first kappa shape index (κ1) is 37.0. The smallest absolute Gasteiger partial charge is 0.335 e. The van der Waals surface area contributed by atoms with Crippen molar-refractivity contribution in [1.82, 2.24) is 0 Å². The van der Waals surface area contributed by atoms with E-state index >= 15 is 0 Å².